The molecule has 4 rings (SSSR count). The van der Waals surface area contributed by atoms with Gasteiger partial charge in [-0.3, -0.25) is 9.78 Å². The van der Waals surface area contributed by atoms with Crippen LogP contribution in [0.5, 0.6) is 0 Å². The first-order chi connectivity index (χ1) is 13.7. The zero-order chi connectivity index (χ0) is 20.8. The second-order valence-electron chi connectivity index (χ2n) is 7.31. The molecule has 0 saturated heterocycles. The average molecular weight is 402 g/mol. The summed E-state index contributed by atoms with van der Waals surface area (Å²) in [5.74, 6) is -0.605. The second kappa shape index (κ2) is 7.13. The molecule has 3 nitrogen and oxygen atoms in total. The first-order valence-electron chi connectivity index (χ1n) is 9.28. The van der Waals surface area contributed by atoms with E-state index in [1.54, 1.807) is 19.1 Å². The van der Waals surface area contributed by atoms with Crippen molar-refractivity contribution >= 4 is 16.8 Å². The molecule has 0 aliphatic heterocycles. The van der Waals surface area contributed by atoms with Crippen LogP contribution in [0.4, 0.5) is 17.6 Å². The number of hydrogen-bond acceptors (Lipinski definition) is 2. The minimum atomic E-state index is -4.45. The van der Waals surface area contributed by atoms with Gasteiger partial charge in [-0.2, -0.15) is 13.2 Å². The first kappa shape index (κ1) is 19.4. The Labute approximate surface area is 164 Å². The maximum atomic E-state index is 13.1. The number of aromatic nitrogens is 1. The number of halogens is 4. The zero-order valence-corrected chi connectivity index (χ0v) is 15.6. The van der Waals surface area contributed by atoms with Crippen LogP contribution >= 0.6 is 0 Å². The van der Waals surface area contributed by atoms with E-state index in [1.165, 1.54) is 18.2 Å². The third-order valence-corrected chi connectivity index (χ3v) is 5.16. The van der Waals surface area contributed by atoms with Crippen LogP contribution in [0.15, 0.2) is 42.5 Å². The van der Waals surface area contributed by atoms with E-state index in [-0.39, 0.29) is 29.7 Å². The summed E-state index contributed by atoms with van der Waals surface area (Å²) in [7, 11) is 0. The number of benzene rings is 2. The van der Waals surface area contributed by atoms with Crippen molar-refractivity contribution in [1.29, 1.82) is 0 Å². The number of nitrogens with zero attached hydrogens (tertiary/aromatic N) is 1. The Morgan fingerprint density at radius 1 is 1.14 bits per heavy atom. The second-order valence-corrected chi connectivity index (χ2v) is 7.31. The molecule has 1 aromatic heterocycles. The summed E-state index contributed by atoms with van der Waals surface area (Å²) in [6, 6.07) is 9.22. The summed E-state index contributed by atoms with van der Waals surface area (Å²) >= 11 is 0. The lowest BCUT2D eigenvalue weighted by atomic mass is 9.97. The van der Waals surface area contributed by atoms with E-state index in [0.717, 1.165) is 30.5 Å². The first-order valence-corrected chi connectivity index (χ1v) is 9.28. The molecule has 1 N–H and O–H groups in total. The molecule has 1 amide bonds. The van der Waals surface area contributed by atoms with Crippen LogP contribution < -0.4 is 5.32 Å². The van der Waals surface area contributed by atoms with E-state index in [4.69, 9.17) is 0 Å². The number of pyridine rings is 1. The Balaban J connectivity index is 1.70. The molecule has 3 aromatic rings. The number of carbonyl (C=O) groups is 1. The van der Waals surface area contributed by atoms with Crippen molar-refractivity contribution in [3.63, 3.8) is 0 Å². The molecule has 1 fully saturated rings. The maximum Gasteiger partial charge on any atom is 0.416 e. The summed E-state index contributed by atoms with van der Waals surface area (Å²) in [4.78, 5) is 17.4. The number of fused-ring (bicyclic) bond motifs is 1. The van der Waals surface area contributed by atoms with E-state index in [0.29, 0.717) is 22.2 Å². The predicted octanol–water partition coefficient (Wildman–Crippen LogP) is 5.51. The van der Waals surface area contributed by atoms with E-state index >= 15 is 0 Å². The molecule has 0 unspecified atom stereocenters. The summed E-state index contributed by atoms with van der Waals surface area (Å²) in [5.41, 5.74) is 1.81. The minimum absolute atomic E-state index is 0.0826. The van der Waals surface area contributed by atoms with Crippen molar-refractivity contribution in [3.05, 3.63) is 76.2 Å². The number of carbonyl (C=O) groups excluding carboxylic acids is 1. The van der Waals surface area contributed by atoms with E-state index < -0.39 is 11.7 Å². The van der Waals surface area contributed by atoms with Gasteiger partial charge in [0, 0.05) is 17.8 Å². The number of aryl methyl sites for hydroxylation is 1. The Bertz CT molecular complexity index is 1090. The molecule has 7 heteroatoms. The van der Waals surface area contributed by atoms with Crippen LogP contribution in [0.2, 0.25) is 0 Å². The third kappa shape index (κ3) is 3.95. The van der Waals surface area contributed by atoms with Crippen LogP contribution in [0.3, 0.4) is 0 Å². The highest BCUT2D eigenvalue weighted by molar-refractivity contribution is 6.01. The standard InChI is InChI=1S/C22H18F4N2O/c1-12-17-9-6-15(22(24,25)26)10-18(17)28-20(14-4-5-14)19(12)21(29)27-11-13-2-7-16(23)8-3-13/h2-3,6-10,14H,4-5,11H2,1H3,(H,27,29). The van der Waals surface area contributed by atoms with Gasteiger partial charge in [0.1, 0.15) is 5.82 Å². The van der Waals surface area contributed by atoms with Gasteiger partial charge in [0.25, 0.3) is 5.91 Å². The number of amides is 1. The molecule has 150 valence electrons. The fourth-order valence-corrected chi connectivity index (χ4v) is 3.44. The Morgan fingerprint density at radius 3 is 2.45 bits per heavy atom. The fourth-order valence-electron chi connectivity index (χ4n) is 3.44. The van der Waals surface area contributed by atoms with Gasteiger partial charge in [-0.15, -0.1) is 0 Å². The van der Waals surface area contributed by atoms with Crippen LogP contribution in [0, 0.1) is 12.7 Å². The Morgan fingerprint density at radius 2 is 1.83 bits per heavy atom. The van der Waals surface area contributed by atoms with Gasteiger partial charge < -0.3 is 5.32 Å². The van der Waals surface area contributed by atoms with Crippen molar-refractivity contribution in [2.75, 3.05) is 0 Å². The Hall–Kier alpha value is -2.96. The molecule has 0 spiro atoms. The smallest absolute Gasteiger partial charge is 0.348 e. The van der Waals surface area contributed by atoms with E-state index in [1.807, 2.05) is 0 Å². The highest BCUT2D eigenvalue weighted by Crippen LogP contribution is 2.43. The lowest BCUT2D eigenvalue weighted by molar-refractivity contribution is -0.137. The topological polar surface area (TPSA) is 42.0 Å². The molecular weight excluding hydrogens is 384 g/mol. The van der Waals surface area contributed by atoms with Crippen molar-refractivity contribution in [2.45, 2.75) is 38.4 Å². The fraction of sp³-hybridized carbons (Fsp3) is 0.273. The van der Waals surface area contributed by atoms with Gasteiger partial charge in [0.15, 0.2) is 0 Å². The molecular formula is C22H18F4N2O. The lowest BCUT2D eigenvalue weighted by Gasteiger charge is -2.16. The summed E-state index contributed by atoms with van der Waals surface area (Å²) in [5, 5.41) is 3.34. The van der Waals surface area contributed by atoms with Crippen LogP contribution in [0.25, 0.3) is 10.9 Å². The average Bonchev–Trinajstić information content (AvgIpc) is 3.51. The SMILES string of the molecule is Cc1c(C(=O)NCc2ccc(F)cc2)c(C2CC2)nc2cc(C(F)(F)F)ccc12. The van der Waals surface area contributed by atoms with Crippen molar-refractivity contribution in [3.8, 4) is 0 Å². The molecule has 1 saturated carbocycles. The van der Waals surface area contributed by atoms with Gasteiger partial charge in [-0.05, 0) is 55.2 Å². The highest BCUT2D eigenvalue weighted by Gasteiger charge is 2.34. The summed E-state index contributed by atoms with van der Waals surface area (Å²) in [6.45, 7) is 1.95. The highest BCUT2D eigenvalue weighted by atomic mass is 19.4. The van der Waals surface area contributed by atoms with Crippen molar-refractivity contribution in [1.82, 2.24) is 10.3 Å². The molecule has 1 aliphatic carbocycles. The molecule has 2 aromatic carbocycles. The monoisotopic (exact) mass is 402 g/mol. The maximum absolute atomic E-state index is 13.1. The van der Waals surface area contributed by atoms with Gasteiger partial charge in [-0.25, -0.2) is 4.39 Å². The summed E-state index contributed by atoms with van der Waals surface area (Å²) in [6.07, 6.45) is -2.74. The molecule has 0 atom stereocenters. The number of nitrogens with one attached hydrogen (secondary N) is 1. The van der Waals surface area contributed by atoms with Gasteiger partial charge in [-0.1, -0.05) is 18.2 Å². The predicted molar refractivity (Wildman–Crippen MR) is 101 cm³/mol. The molecule has 0 radical (unpaired) electrons. The van der Waals surface area contributed by atoms with Crippen LogP contribution in [0.1, 0.15) is 51.5 Å². The van der Waals surface area contributed by atoms with Crippen LogP contribution in [-0.2, 0) is 12.7 Å². The molecule has 1 aliphatic rings. The quantitative estimate of drug-likeness (QED) is 0.585. The third-order valence-electron chi connectivity index (χ3n) is 5.16. The molecule has 29 heavy (non-hydrogen) atoms. The normalized spacial score (nSPS) is 14.2. The largest absolute Gasteiger partial charge is 0.416 e. The van der Waals surface area contributed by atoms with Gasteiger partial charge >= 0.3 is 6.18 Å². The summed E-state index contributed by atoms with van der Waals surface area (Å²) < 4.78 is 52.2. The van der Waals surface area contributed by atoms with Gasteiger partial charge in [0.2, 0.25) is 0 Å². The van der Waals surface area contributed by atoms with Crippen LogP contribution in [-0.4, -0.2) is 10.9 Å². The lowest BCUT2D eigenvalue weighted by Crippen LogP contribution is -2.25. The van der Waals surface area contributed by atoms with E-state index in [2.05, 4.69) is 10.3 Å². The number of hydrogen-bond donors (Lipinski definition) is 1. The molecule has 1 heterocycles. The Kier molecular flexibility index (Phi) is 4.76. The van der Waals surface area contributed by atoms with Crippen molar-refractivity contribution < 1.29 is 22.4 Å². The number of alkyl halides is 3. The van der Waals surface area contributed by atoms with E-state index in [9.17, 15) is 22.4 Å². The van der Waals surface area contributed by atoms with Crippen molar-refractivity contribution in [2.24, 2.45) is 0 Å². The number of rotatable bonds is 4. The molecule has 0 bridgehead atoms. The zero-order valence-electron chi connectivity index (χ0n) is 15.6. The minimum Gasteiger partial charge on any atom is -0.348 e. The van der Waals surface area contributed by atoms with Gasteiger partial charge in [0.05, 0.1) is 22.3 Å².